The van der Waals surface area contributed by atoms with Gasteiger partial charge in [0.1, 0.15) is 6.10 Å². The van der Waals surface area contributed by atoms with Crippen molar-refractivity contribution in [3.8, 4) is 0 Å². The Morgan fingerprint density at radius 1 is 1.22 bits per heavy atom. The fourth-order valence-electron chi connectivity index (χ4n) is 7.38. The highest BCUT2D eigenvalue weighted by atomic mass is 16.7. The molecule has 1 spiro atoms. The topological polar surface area (TPSA) is 94.5 Å². The van der Waals surface area contributed by atoms with E-state index in [1.54, 1.807) is 13.2 Å². The fraction of sp³-hybridized carbons (Fsp3) is 0.880. The summed E-state index contributed by atoms with van der Waals surface area (Å²) in [7, 11) is 0. The number of esters is 1. The van der Waals surface area contributed by atoms with Gasteiger partial charge in [0.2, 0.25) is 6.29 Å². The highest BCUT2D eigenvalue weighted by molar-refractivity contribution is 5.81. The average Bonchev–Trinajstić information content (AvgIpc) is 3.16. The van der Waals surface area contributed by atoms with Gasteiger partial charge in [0.15, 0.2) is 6.10 Å². The van der Waals surface area contributed by atoms with Crippen LogP contribution < -0.4 is 0 Å². The molecule has 5 rings (SSSR count). The third-order valence-electron chi connectivity index (χ3n) is 9.56. The Morgan fingerprint density at radius 2 is 1.97 bits per heavy atom. The van der Waals surface area contributed by atoms with Crippen LogP contribution in [0, 0.1) is 40.4 Å². The molecule has 0 aromatic rings. The molecule has 3 bridgehead atoms. The van der Waals surface area contributed by atoms with Gasteiger partial charge in [-0.25, -0.2) is 0 Å². The molecule has 7 nitrogen and oxygen atoms in total. The van der Waals surface area contributed by atoms with Crippen molar-refractivity contribution in [2.75, 3.05) is 13.2 Å². The summed E-state index contributed by atoms with van der Waals surface area (Å²) in [5, 5.41) is 21.1. The molecular formula is C25H38O7. The predicted molar refractivity (Wildman–Crippen MR) is 115 cm³/mol. The van der Waals surface area contributed by atoms with Crippen molar-refractivity contribution in [1.82, 2.24) is 0 Å². The Labute approximate surface area is 190 Å². The third kappa shape index (κ3) is 2.83. The number of carbonyl (C=O) groups is 1. The van der Waals surface area contributed by atoms with Gasteiger partial charge in [0.05, 0.1) is 30.5 Å². The van der Waals surface area contributed by atoms with Crippen molar-refractivity contribution in [1.29, 1.82) is 0 Å². The average molecular weight is 451 g/mol. The van der Waals surface area contributed by atoms with Crippen molar-refractivity contribution in [3.63, 3.8) is 0 Å². The first kappa shape index (κ1) is 22.6. The summed E-state index contributed by atoms with van der Waals surface area (Å²) in [5.41, 5.74) is -0.189. The molecule has 0 radical (unpaired) electrons. The van der Waals surface area contributed by atoms with Gasteiger partial charge in [0.25, 0.3) is 0 Å². The molecule has 4 fully saturated rings. The van der Waals surface area contributed by atoms with Gasteiger partial charge < -0.3 is 29.2 Å². The zero-order valence-electron chi connectivity index (χ0n) is 19.8. The van der Waals surface area contributed by atoms with E-state index in [9.17, 15) is 15.0 Å². The van der Waals surface area contributed by atoms with Gasteiger partial charge in [-0.2, -0.15) is 0 Å². The third-order valence-corrected chi connectivity index (χ3v) is 9.56. The minimum Gasteiger partial charge on any atom is -0.472 e. The van der Waals surface area contributed by atoms with Gasteiger partial charge in [-0.3, -0.25) is 4.79 Å². The monoisotopic (exact) mass is 450 g/mol. The van der Waals surface area contributed by atoms with E-state index in [2.05, 4.69) is 13.8 Å². The molecule has 0 aromatic heterocycles. The van der Waals surface area contributed by atoms with Gasteiger partial charge >= 0.3 is 5.97 Å². The van der Waals surface area contributed by atoms with Crippen LogP contribution in [0.15, 0.2) is 11.8 Å². The van der Waals surface area contributed by atoms with Crippen LogP contribution in [0.25, 0.3) is 0 Å². The molecule has 1 saturated heterocycles. The summed E-state index contributed by atoms with van der Waals surface area (Å²) in [4.78, 5) is 13.3. The van der Waals surface area contributed by atoms with Crippen molar-refractivity contribution in [2.24, 2.45) is 40.4 Å². The maximum atomic E-state index is 13.3. The first-order valence-electron chi connectivity index (χ1n) is 12.3. The standard InChI is InChI=1S/C25H38O7/c1-6-12(2)9-29-19-16-8-25-15-7-18(27)21(25)24(16,5)23(28)32-20(19)17(25)11-31-22(15)30-10-13(3)14(4)26/h11-16,18-22,26-27H,6-10H2,1-5H3/t12?,13-,14+,15?,16+,18-,19+,20-,21+,22-,24-,25+/m1/s1. The number of aliphatic hydroxyl groups excluding tert-OH is 2. The van der Waals surface area contributed by atoms with E-state index >= 15 is 0 Å². The maximum Gasteiger partial charge on any atom is 0.313 e. The summed E-state index contributed by atoms with van der Waals surface area (Å²) in [6, 6.07) is 0. The normalized spacial score (nSPS) is 48.5. The lowest BCUT2D eigenvalue weighted by atomic mass is 9.61. The van der Waals surface area contributed by atoms with Gasteiger partial charge in [-0.15, -0.1) is 0 Å². The van der Waals surface area contributed by atoms with E-state index < -0.39 is 30.0 Å². The summed E-state index contributed by atoms with van der Waals surface area (Å²) in [5.74, 6) is -0.0863. The SMILES string of the molecule is CCC(C)CO[C@@H]1[C@@H]2OC(=O)[C@]3(C)[C@H]1C[C@@]14C2=CO[C@@H](OC[C@@H](C)[C@H](C)O)C1C[C@@H](O)[C@@H]34. The van der Waals surface area contributed by atoms with Crippen LogP contribution in [0.5, 0.6) is 0 Å². The summed E-state index contributed by atoms with van der Waals surface area (Å²) in [6.45, 7) is 11.0. The lowest BCUT2D eigenvalue weighted by Gasteiger charge is -2.51. The molecule has 0 amide bonds. The van der Waals surface area contributed by atoms with Crippen molar-refractivity contribution in [2.45, 2.75) is 84.6 Å². The lowest BCUT2D eigenvalue weighted by molar-refractivity contribution is -0.212. The van der Waals surface area contributed by atoms with Gasteiger partial charge in [-0.05, 0) is 32.6 Å². The zero-order valence-corrected chi connectivity index (χ0v) is 19.8. The first-order valence-corrected chi connectivity index (χ1v) is 12.3. The molecule has 2 N–H and O–H groups in total. The summed E-state index contributed by atoms with van der Waals surface area (Å²) >= 11 is 0. The van der Waals surface area contributed by atoms with Crippen LogP contribution >= 0.6 is 0 Å². The Balaban J connectivity index is 1.50. The Morgan fingerprint density at radius 3 is 2.66 bits per heavy atom. The Kier molecular flexibility index (Phi) is 5.44. The van der Waals surface area contributed by atoms with Gasteiger partial charge in [0, 0.05) is 41.3 Å². The largest absolute Gasteiger partial charge is 0.472 e. The Hall–Kier alpha value is -1.15. The lowest BCUT2D eigenvalue weighted by Crippen LogP contribution is -2.58. The van der Waals surface area contributed by atoms with Crippen LogP contribution in [0.4, 0.5) is 0 Å². The molecule has 3 saturated carbocycles. The van der Waals surface area contributed by atoms with Gasteiger partial charge in [-0.1, -0.05) is 27.2 Å². The Bertz CT molecular complexity index is 795. The molecule has 7 heteroatoms. The maximum absolute atomic E-state index is 13.3. The fourth-order valence-corrected chi connectivity index (χ4v) is 7.38. The van der Waals surface area contributed by atoms with E-state index in [1.807, 2.05) is 13.8 Å². The number of rotatable bonds is 8. The van der Waals surface area contributed by atoms with Crippen LogP contribution in [-0.4, -0.2) is 60.1 Å². The van der Waals surface area contributed by atoms with Crippen molar-refractivity contribution in [3.05, 3.63) is 11.8 Å². The van der Waals surface area contributed by atoms with Crippen LogP contribution in [0.1, 0.15) is 53.9 Å². The number of hydrogen-bond donors (Lipinski definition) is 2. The quantitative estimate of drug-likeness (QED) is 0.549. The second-order valence-electron chi connectivity index (χ2n) is 11.3. The molecule has 3 aliphatic carbocycles. The molecule has 2 unspecified atom stereocenters. The van der Waals surface area contributed by atoms with Crippen LogP contribution in [-0.2, 0) is 23.7 Å². The summed E-state index contributed by atoms with van der Waals surface area (Å²) < 4.78 is 24.7. The van der Waals surface area contributed by atoms with E-state index in [-0.39, 0.29) is 41.2 Å². The zero-order chi connectivity index (χ0) is 23.0. The molecule has 12 atom stereocenters. The second-order valence-corrected chi connectivity index (χ2v) is 11.3. The van der Waals surface area contributed by atoms with Crippen molar-refractivity contribution >= 4 is 5.97 Å². The highest BCUT2D eigenvalue weighted by Crippen LogP contribution is 2.77. The van der Waals surface area contributed by atoms with E-state index in [0.29, 0.717) is 25.6 Å². The molecule has 32 heavy (non-hydrogen) atoms. The summed E-state index contributed by atoms with van der Waals surface area (Å²) in [6.07, 6.45) is 1.82. The highest BCUT2D eigenvalue weighted by Gasteiger charge is 2.81. The predicted octanol–water partition coefficient (Wildman–Crippen LogP) is 2.64. The second kappa shape index (κ2) is 7.69. The van der Waals surface area contributed by atoms with Crippen molar-refractivity contribution < 1.29 is 34.0 Å². The number of aliphatic hydroxyl groups is 2. The van der Waals surface area contributed by atoms with E-state index in [0.717, 1.165) is 18.4 Å². The molecule has 2 aliphatic heterocycles. The minimum absolute atomic E-state index is 0.00698. The molecular weight excluding hydrogens is 412 g/mol. The minimum atomic E-state index is -0.783. The molecule has 5 aliphatic rings. The molecule has 0 aromatic carbocycles. The van der Waals surface area contributed by atoms with E-state index in [1.165, 1.54) is 0 Å². The number of ether oxygens (including phenoxy) is 4. The number of hydrogen-bond acceptors (Lipinski definition) is 7. The number of fused-ring (bicyclic) bond motifs is 3. The van der Waals surface area contributed by atoms with Crippen LogP contribution in [0.3, 0.4) is 0 Å². The molecule has 2 heterocycles. The number of carbonyl (C=O) groups excluding carboxylic acids is 1. The van der Waals surface area contributed by atoms with E-state index in [4.69, 9.17) is 18.9 Å². The first-order chi connectivity index (χ1) is 15.2. The smallest absolute Gasteiger partial charge is 0.313 e. The molecule has 180 valence electrons. The van der Waals surface area contributed by atoms with Crippen LogP contribution in [0.2, 0.25) is 0 Å².